The lowest BCUT2D eigenvalue weighted by Crippen LogP contribution is -2.43. The summed E-state index contributed by atoms with van der Waals surface area (Å²) in [7, 11) is 1.18. The summed E-state index contributed by atoms with van der Waals surface area (Å²) < 4.78 is 18.1. The molecule has 8 heteroatoms. The molecule has 1 aromatic heterocycles. The maximum Gasteiger partial charge on any atom is 0.328 e. The zero-order valence-corrected chi connectivity index (χ0v) is 14.3. The molecule has 1 amide bonds. The van der Waals surface area contributed by atoms with E-state index in [1.54, 1.807) is 12.3 Å². The first kappa shape index (κ1) is 18.2. The smallest absolute Gasteiger partial charge is 0.328 e. The summed E-state index contributed by atoms with van der Waals surface area (Å²) in [6.07, 6.45) is 1.68. The third kappa shape index (κ3) is 3.69. The van der Waals surface area contributed by atoms with Gasteiger partial charge in [-0.3, -0.25) is 4.79 Å². The maximum absolute atomic E-state index is 13.3. The number of carbonyl (C=O) groups is 2. The van der Waals surface area contributed by atoms with Gasteiger partial charge in [-0.2, -0.15) is 0 Å². The third-order valence-electron chi connectivity index (χ3n) is 4.19. The summed E-state index contributed by atoms with van der Waals surface area (Å²) in [5.74, 6) is -2.76. The van der Waals surface area contributed by atoms with Crippen molar-refractivity contribution in [1.82, 2.24) is 10.3 Å². The highest BCUT2D eigenvalue weighted by molar-refractivity contribution is 6.01. The van der Waals surface area contributed by atoms with Crippen LogP contribution >= 0.6 is 0 Å². The first-order valence-corrected chi connectivity index (χ1v) is 8.06. The van der Waals surface area contributed by atoms with E-state index < -0.39 is 35.2 Å². The van der Waals surface area contributed by atoms with E-state index in [0.717, 1.165) is 0 Å². The molecule has 2 aromatic carbocycles. The fourth-order valence-electron chi connectivity index (χ4n) is 2.87. The number of aromatic nitrogens is 1. The predicted molar refractivity (Wildman–Crippen MR) is 95.0 cm³/mol. The van der Waals surface area contributed by atoms with E-state index in [2.05, 4.69) is 10.3 Å². The number of fused-ring (bicyclic) bond motifs is 1. The first-order valence-electron chi connectivity index (χ1n) is 8.06. The molecule has 1 atom stereocenters. The average Bonchev–Trinajstić information content (AvgIpc) is 3.02. The minimum atomic E-state index is -1.08. The van der Waals surface area contributed by atoms with Crippen molar-refractivity contribution in [1.29, 1.82) is 0 Å². The number of rotatable bonds is 5. The number of esters is 1. The Labute approximate surface area is 153 Å². The monoisotopic (exact) mass is 372 g/mol. The molecule has 1 unspecified atom stereocenters. The molecular weight excluding hydrogens is 355 g/mol. The summed E-state index contributed by atoms with van der Waals surface area (Å²) in [6.45, 7) is 0. The predicted octanol–water partition coefficient (Wildman–Crippen LogP) is 2.23. The normalized spacial score (nSPS) is 11.9. The second-order valence-corrected chi connectivity index (χ2v) is 5.93. The van der Waals surface area contributed by atoms with Crippen LogP contribution in [-0.2, 0) is 16.0 Å². The highest BCUT2D eigenvalue weighted by atomic mass is 19.1. The van der Waals surface area contributed by atoms with Crippen molar-refractivity contribution in [3.8, 4) is 11.5 Å². The molecular formula is C19H17FN2O5. The maximum atomic E-state index is 13.3. The molecule has 0 bridgehead atoms. The number of carbonyl (C=O) groups excluding carboxylic acids is 2. The Morgan fingerprint density at radius 3 is 2.59 bits per heavy atom. The lowest BCUT2D eigenvalue weighted by molar-refractivity contribution is -0.142. The molecule has 0 fully saturated rings. The van der Waals surface area contributed by atoms with Gasteiger partial charge in [-0.25, -0.2) is 9.18 Å². The molecule has 0 saturated carbocycles. The Morgan fingerprint density at radius 1 is 1.22 bits per heavy atom. The summed E-state index contributed by atoms with van der Waals surface area (Å²) in [6, 6.07) is 6.99. The van der Waals surface area contributed by atoms with Crippen LogP contribution < -0.4 is 5.32 Å². The Morgan fingerprint density at radius 2 is 1.93 bits per heavy atom. The number of H-pyrrole nitrogens is 1. The van der Waals surface area contributed by atoms with Gasteiger partial charge in [0.1, 0.15) is 28.9 Å². The average molecular weight is 372 g/mol. The number of hydrogen-bond acceptors (Lipinski definition) is 5. The lowest BCUT2D eigenvalue weighted by Gasteiger charge is -2.17. The van der Waals surface area contributed by atoms with E-state index in [4.69, 9.17) is 4.74 Å². The Kier molecular flexibility index (Phi) is 4.98. The minimum Gasteiger partial charge on any atom is -0.507 e. The molecule has 3 aromatic rings. The van der Waals surface area contributed by atoms with Gasteiger partial charge in [0, 0.05) is 23.5 Å². The molecule has 3 rings (SSSR count). The standard InChI is InChI=1S/C19H17FN2O5/c1-27-19(26)14(22-18(25)17-15(23)3-2-4-16(17)24)7-10-9-21-13-8-11(20)5-6-12(10)13/h2-6,8-9,14,21,23-24H,7H2,1H3,(H,22,25). The quantitative estimate of drug-likeness (QED) is 0.513. The number of hydrogen-bond donors (Lipinski definition) is 4. The van der Waals surface area contributed by atoms with Crippen molar-refractivity contribution in [2.75, 3.05) is 7.11 Å². The number of nitrogens with one attached hydrogen (secondary N) is 2. The van der Waals surface area contributed by atoms with Crippen LogP contribution in [0, 0.1) is 5.82 Å². The summed E-state index contributed by atoms with van der Waals surface area (Å²) in [5.41, 5.74) is 0.882. The van der Waals surface area contributed by atoms with Crippen molar-refractivity contribution in [2.24, 2.45) is 0 Å². The number of aromatic amines is 1. The van der Waals surface area contributed by atoms with Crippen LogP contribution in [0.15, 0.2) is 42.6 Å². The first-order chi connectivity index (χ1) is 12.9. The van der Waals surface area contributed by atoms with E-state index >= 15 is 0 Å². The molecule has 0 aliphatic heterocycles. The lowest BCUT2D eigenvalue weighted by atomic mass is 10.0. The zero-order valence-electron chi connectivity index (χ0n) is 14.3. The summed E-state index contributed by atoms with van der Waals surface area (Å²) >= 11 is 0. The van der Waals surface area contributed by atoms with E-state index in [1.165, 1.54) is 37.4 Å². The second-order valence-electron chi connectivity index (χ2n) is 5.93. The van der Waals surface area contributed by atoms with Gasteiger partial charge in [-0.15, -0.1) is 0 Å². The zero-order chi connectivity index (χ0) is 19.6. The van der Waals surface area contributed by atoms with E-state index in [-0.39, 0.29) is 12.0 Å². The fraction of sp³-hybridized carbons (Fsp3) is 0.158. The highest BCUT2D eigenvalue weighted by Gasteiger charge is 2.26. The van der Waals surface area contributed by atoms with Gasteiger partial charge in [-0.05, 0) is 35.9 Å². The van der Waals surface area contributed by atoms with Crippen LogP contribution in [0.5, 0.6) is 11.5 Å². The van der Waals surface area contributed by atoms with Crippen LogP contribution in [0.3, 0.4) is 0 Å². The van der Waals surface area contributed by atoms with Crippen LogP contribution in [0.4, 0.5) is 4.39 Å². The van der Waals surface area contributed by atoms with Crippen molar-refractivity contribution in [2.45, 2.75) is 12.5 Å². The van der Waals surface area contributed by atoms with Gasteiger partial charge in [0.05, 0.1) is 7.11 Å². The molecule has 4 N–H and O–H groups in total. The molecule has 0 aliphatic carbocycles. The van der Waals surface area contributed by atoms with Gasteiger partial charge in [0.2, 0.25) is 0 Å². The van der Waals surface area contributed by atoms with Crippen molar-refractivity contribution < 1.29 is 28.9 Å². The van der Waals surface area contributed by atoms with Crippen LogP contribution in [-0.4, -0.2) is 40.2 Å². The molecule has 7 nitrogen and oxygen atoms in total. The number of ether oxygens (including phenoxy) is 1. The molecule has 0 spiro atoms. The van der Waals surface area contributed by atoms with Gasteiger partial charge in [-0.1, -0.05) is 6.07 Å². The topological polar surface area (TPSA) is 112 Å². The molecule has 0 aliphatic rings. The van der Waals surface area contributed by atoms with Gasteiger partial charge in [0.15, 0.2) is 0 Å². The third-order valence-corrected chi connectivity index (χ3v) is 4.19. The van der Waals surface area contributed by atoms with Crippen LogP contribution in [0.1, 0.15) is 15.9 Å². The van der Waals surface area contributed by atoms with E-state index in [9.17, 15) is 24.2 Å². The van der Waals surface area contributed by atoms with E-state index in [1.807, 2.05) is 0 Å². The SMILES string of the molecule is COC(=O)C(Cc1c[nH]c2cc(F)ccc12)NC(=O)c1c(O)cccc1O. The van der Waals surface area contributed by atoms with Gasteiger partial charge in [0.25, 0.3) is 5.91 Å². The highest BCUT2D eigenvalue weighted by Crippen LogP contribution is 2.26. The molecule has 0 radical (unpaired) electrons. The number of amides is 1. The molecule has 27 heavy (non-hydrogen) atoms. The van der Waals surface area contributed by atoms with Crippen molar-refractivity contribution in [3.05, 3.63) is 59.5 Å². The number of methoxy groups -OCH3 is 1. The largest absolute Gasteiger partial charge is 0.507 e. The van der Waals surface area contributed by atoms with Gasteiger partial charge < -0.3 is 25.3 Å². The fourth-order valence-corrected chi connectivity index (χ4v) is 2.87. The van der Waals surface area contributed by atoms with E-state index in [0.29, 0.717) is 16.5 Å². The van der Waals surface area contributed by atoms with Gasteiger partial charge >= 0.3 is 5.97 Å². The number of phenolic OH excluding ortho intramolecular Hbond substituents is 2. The summed E-state index contributed by atoms with van der Waals surface area (Å²) in [5, 5.41) is 22.8. The van der Waals surface area contributed by atoms with Crippen molar-refractivity contribution in [3.63, 3.8) is 0 Å². The summed E-state index contributed by atoms with van der Waals surface area (Å²) in [4.78, 5) is 27.5. The van der Waals surface area contributed by atoms with Crippen molar-refractivity contribution >= 4 is 22.8 Å². The molecule has 140 valence electrons. The number of halogens is 1. The second kappa shape index (κ2) is 7.36. The molecule has 0 saturated heterocycles. The number of phenols is 2. The number of aromatic hydroxyl groups is 2. The Bertz CT molecular complexity index is 994. The number of benzene rings is 2. The van der Waals surface area contributed by atoms with Crippen LogP contribution in [0.25, 0.3) is 10.9 Å². The van der Waals surface area contributed by atoms with Crippen LogP contribution in [0.2, 0.25) is 0 Å². The Balaban J connectivity index is 1.88. The molecule has 1 heterocycles. The Hall–Kier alpha value is -3.55. The minimum absolute atomic E-state index is 0.0679.